The van der Waals surface area contributed by atoms with Gasteiger partial charge in [0.2, 0.25) is 5.91 Å². The Hall–Kier alpha value is -2.53. The van der Waals surface area contributed by atoms with Crippen LogP contribution in [0.3, 0.4) is 0 Å². The van der Waals surface area contributed by atoms with Gasteiger partial charge in [-0.3, -0.25) is 9.36 Å². The molecule has 1 N–H and O–H groups in total. The third-order valence-electron chi connectivity index (χ3n) is 5.36. The Bertz CT molecular complexity index is 944. The number of para-hydroxylation sites is 1. The Morgan fingerprint density at radius 2 is 1.79 bits per heavy atom. The zero-order valence-corrected chi connectivity index (χ0v) is 17.6. The van der Waals surface area contributed by atoms with Crippen LogP contribution >= 0.6 is 11.8 Å². The molecule has 0 saturated heterocycles. The highest BCUT2D eigenvalue weighted by atomic mass is 32.2. The molecule has 0 bridgehead atoms. The summed E-state index contributed by atoms with van der Waals surface area (Å²) < 4.78 is 2.08. The number of benzene rings is 2. The molecule has 1 amide bonds. The average molecular weight is 406 g/mol. The summed E-state index contributed by atoms with van der Waals surface area (Å²) in [5, 5.41) is 4.03. The molecule has 2 aromatic carbocycles. The molecule has 0 spiro atoms. The molecule has 1 fully saturated rings. The third-order valence-corrected chi connectivity index (χ3v) is 6.31. The molecule has 1 heterocycles. The zero-order valence-electron chi connectivity index (χ0n) is 16.8. The van der Waals surface area contributed by atoms with Gasteiger partial charge in [0, 0.05) is 23.5 Å². The first-order chi connectivity index (χ1) is 14.2. The van der Waals surface area contributed by atoms with Gasteiger partial charge in [0.1, 0.15) is 0 Å². The monoisotopic (exact) mass is 405 g/mol. The van der Waals surface area contributed by atoms with Crippen LogP contribution in [0.4, 0.5) is 0 Å². The van der Waals surface area contributed by atoms with Crippen molar-refractivity contribution in [3.8, 4) is 16.9 Å². The molecule has 1 aromatic heterocycles. The van der Waals surface area contributed by atoms with Crippen LogP contribution < -0.4 is 5.32 Å². The quantitative estimate of drug-likeness (QED) is 0.560. The number of hydrogen-bond acceptors (Lipinski definition) is 3. The second-order valence-corrected chi connectivity index (χ2v) is 8.61. The largest absolute Gasteiger partial charge is 0.353 e. The standard InChI is InChI=1S/C24H27N3OS/c1-18-12-14-19(15-13-18)22-16-27(21-10-6-3-7-11-21)24(26-22)29-17-23(28)25-20-8-4-2-5-9-20/h3,6-7,10-16,20H,2,4-5,8-9,17H2,1H3,(H,25,28). The van der Waals surface area contributed by atoms with Crippen molar-refractivity contribution in [1.29, 1.82) is 0 Å². The van der Waals surface area contributed by atoms with E-state index in [1.165, 1.54) is 36.6 Å². The smallest absolute Gasteiger partial charge is 0.230 e. The van der Waals surface area contributed by atoms with E-state index in [9.17, 15) is 4.79 Å². The minimum Gasteiger partial charge on any atom is -0.353 e. The number of hydrogen-bond donors (Lipinski definition) is 1. The number of thioether (sulfide) groups is 1. The summed E-state index contributed by atoms with van der Waals surface area (Å²) in [6, 6.07) is 18.9. The van der Waals surface area contributed by atoms with E-state index in [-0.39, 0.29) is 5.91 Å². The summed E-state index contributed by atoms with van der Waals surface area (Å²) in [5.41, 5.74) is 4.28. The van der Waals surface area contributed by atoms with E-state index >= 15 is 0 Å². The lowest BCUT2D eigenvalue weighted by Crippen LogP contribution is -2.37. The van der Waals surface area contributed by atoms with Crippen LogP contribution in [-0.2, 0) is 4.79 Å². The molecule has 0 unspecified atom stereocenters. The summed E-state index contributed by atoms with van der Waals surface area (Å²) in [5.74, 6) is 0.481. The first kappa shape index (κ1) is 19.8. The van der Waals surface area contributed by atoms with Crippen molar-refractivity contribution in [1.82, 2.24) is 14.9 Å². The molecule has 0 radical (unpaired) electrons. The molecule has 5 heteroatoms. The van der Waals surface area contributed by atoms with Gasteiger partial charge in [0.05, 0.1) is 11.4 Å². The van der Waals surface area contributed by atoms with E-state index < -0.39 is 0 Å². The molecule has 1 aliphatic rings. The minimum absolute atomic E-state index is 0.0985. The maximum Gasteiger partial charge on any atom is 0.230 e. The van der Waals surface area contributed by atoms with Gasteiger partial charge in [-0.2, -0.15) is 0 Å². The fourth-order valence-electron chi connectivity index (χ4n) is 3.75. The van der Waals surface area contributed by atoms with E-state index in [2.05, 4.69) is 59.4 Å². The van der Waals surface area contributed by atoms with E-state index in [1.807, 2.05) is 18.2 Å². The van der Waals surface area contributed by atoms with Gasteiger partial charge in [-0.05, 0) is 31.9 Å². The molecule has 0 atom stereocenters. The molecule has 4 nitrogen and oxygen atoms in total. The second kappa shape index (κ2) is 9.31. The Labute approximate surface area is 176 Å². The molecular formula is C24H27N3OS. The number of aryl methyl sites for hydroxylation is 1. The summed E-state index contributed by atoms with van der Waals surface area (Å²) in [6.45, 7) is 2.08. The lowest BCUT2D eigenvalue weighted by Gasteiger charge is -2.22. The van der Waals surface area contributed by atoms with E-state index in [0.717, 1.165) is 34.9 Å². The molecule has 1 aliphatic carbocycles. The van der Waals surface area contributed by atoms with E-state index in [0.29, 0.717) is 11.8 Å². The van der Waals surface area contributed by atoms with Crippen LogP contribution in [0.1, 0.15) is 37.7 Å². The van der Waals surface area contributed by atoms with Crippen LogP contribution in [0.15, 0.2) is 66.0 Å². The van der Waals surface area contributed by atoms with E-state index in [4.69, 9.17) is 4.98 Å². The van der Waals surface area contributed by atoms with Crippen LogP contribution in [0.2, 0.25) is 0 Å². The fraction of sp³-hybridized carbons (Fsp3) is 0.333. The van der Waals surface area contributed by atoms with Gasteiger partial charge < -0.3 is 5.32 Å². The average Bonchev–Trinajstić information content (AvgIpc) is 3.18. The number of carbonyl (C=O) groups excluding carboxylic acids is 1. The lowest BCUT2D eigenvalue weighted by molar-refractivity contribution is -0.119. The van der Waals surface area contributed by atoms with Crippen molar-refractivity contribution in [2.75, 3.05) is 5.75 Å². The highest BCUT2D eigenvalue weighted by molar-refractivity contribution is 7.99. The van der Waals surface area contributed by atoms with E-state index in [1.54, 1.807) is 0 Å². The number of amides is 1. The highest BCUT2D eigenvalue weighted by Gasteiger charge is 2.17. The van der Waals surface area contributed by atoms with Crippen LogP contribution in [-0.4, -0.2) is 27.3 Å². The molecular weight excluding hydrogens is 378 g/mol. The predicted octanol–water partition coefficient (Wildman–Crippen LogP) is 5.39. The molecule has 29 heavy (non-hydrogen) atoms. The molecule has 0 aliphatic heterocycles. The first-order valence-electron chi connectivity index (χ1n) is 10.3. The van der Waals surface area contributed by atoms with Gasteiger partial charge in [0.25, 0.3) is 0 Å². The number of carbonyl (C=O) groups is 1. The van der Waals surface area contributed by atoms with Crippen LogP contribution in [0, 0.1) is 6.92 Å². The maximum atomic E-state index is 12.5. The van der Waals surface area contributed by atoms with Crippen molar-refractivity contribution < 1.29 is 4.79 Å². The first-order valence-corrected chi connectivity index (χ1v) is 11.3. The highest BCUT2D eigenvalue weighted by Crippen LogP contribution is 2.27. The van der Waals surface area contributed by atoms with Crippen molar-refractivity contribution in [2.45, 2.75) is 50.2 Å². The SMILES string of the molecule is Cc1ccc(-c2cn(-c3ccccc3)c(SCC(=O)NC3CCCCC3)n2)cc1. The predicted molar refractivity (Wildman–Crippen MR) is 119 cm³/mol. The van der Waals surface area contributed by atoms with Gasteiger partial charge in [-0.25, -0.2) is 4.98 Å². The Balaban J connectivity index is 1.52. The Kier molecular flexibility index (Phi) is 6.35. The number of rotatable bonds is 6. The van der Waals surface area contributed by atoms with Crippen LogP contribution in [0.5, 0.6) is 0 Å². The van der Waals surface area contributed by atoms with Crippen molar-refractivity contribution in [2.24, 2.45) is 0 Å². The third kappa shape index (κ3) is 5.10. The Morgan fingerprint density at radius 3 is 2.52 bits per heavy atom. The molecule has 3 aromatic rings. The number of aromatic nitrogens is 2. The maximum absolute atomic E-state index is 12.5. The van der Waals surface area contributed by atoms with Gasteiger partial charge in [0.15, 0.2) is 5.16 Å². The second-order valence-electron chi connectivity index (χ2n) is 7.67. The molecule has 4 rings (SSSR count). The van der Waals surface area contributed by atoms with Gasteiger partial charge in [-0.1, -0.05) is 79.1 Å². The van der Waals surface area contributed by atoms with Crippen molar-refractivity contribution in [3.05, 3.63) is 66.4 Å². The zero-order chi connectivity index (χ0) is 20.1. The summed E-state index contributed by atoms with van der Waals surface area (Å²) in [4.78, 5) is 17.3. The van der Waals surface area contributed by atoms with Crippen molar-refractivity contribution >= 4 is 17.7 Å². The number of nitrogens with zero attached hydrogens (tertiary/aromatic N) is 2. The minimum atomic E-state index is 0.0985. The van der Waals surface area contributed by atoms with Gasteiger partial charge >= 0.3 is 0 Å². The molecule has 1 saturated carbocycles. The number of imidazole rings is 1. The lowest BCUT2D eigenvalue weighted by atomic mass is 9.95. The van der Waals surface area contributed by atoms with Gasteiger partial charge in [-0.15, -0.1) is 0 Å². The normalized spacial score (nSPS) is 14.7. The summed E-state index contributed by atoms with van der Waals surface area (Å²) in [7, 11) is 0. The summed E-state index contributed by atoms with van der Waals surface area (Å²) >= 11 is 1.50. The Morgan fingerprint density at radius 1 is 1.07 bits per heavy atom. The van der Waals surface area contributed by atoms with Crippen LogP contribution in [0.25, 0.3) is 16.9 Å². The number of nitrogens with one attached hydrogen (secondary N) is 1. The fourth-order valence-corrected chi connectivity index (χ4v) is 4.55. The van der Waals surface area contributed by atoms with Crippen molar-refractivity contribution in [3.63, 3.8) is 0 Å². The molecule has 150 valence electrons. The summed E-state index contributed by atoms with van der Waals surface area (Å²) in [6.07, 6.45) is 7.99. The topological polar surface area (TPSA) is 46.9 Å².